The van der Waals surface area contributed by atoms with Crippen LogP contribution in [0.25, 0.3) is 11.0 Å². The summed E-state index contributed by atoms with van der Waals surface area (Å²) in [5.41, 5.74) is 1.96. The number of benzene rings is 2. The molecular weight excluding hydrogens is 358 g/mol. The molecule has 2 aromatic carbocycles. The average molecular weight is 381 g/mol. The first kappa shape index (κ1) is 19.4. The fourth-order valence-electron chi connectivity index (χ4n) is 3.38. The zero-order chi connectivity index (χ0) is 20.3. The molecular formula is C21H23N3O4. The minimum atomic E-state index is -1.08. The van der Waals surface area contributed by atoms with Crippen LogP contribution >= 0.6 is 0 Å². The number of imidazole rings is 1. The molecule has 0 radical (unpaired) electrons. The quantitative estimate of drug-likeness (QED) is 0.678. The standard InChI is InChI=1S/C21H23N3O4/c1-3-23-16-11-7-8-12-17(16)24(21(23)28)14-19(25)22(2)18(20(26)27)13-15-9-5-4-6-10-15/h4-12,18H,3,13-14H2,1-2H3,(H,26,27). The molecule has 3 rings (SSSR count). The maximum Gasteiger partial charge on any atom is 0.329 e. The Balaban J connectivity index is 1.87. The van der Waals surface area contributed by atoms with Gasteiger partial charge in [-0.2, -0.15) is 0 Å². The Morgan fingerprint density at radius 3 is 2.14 bits per heavy atom. The van der Waals surface area contributed by atoms with Gasteiger partial charge in [0.15, 0.2) is 0 Å². The van der Waals surface area contributed by atoms with Crippen LogP contribution in [0.5, 0.6) is 0 Å². The zero-order valence-electron chi connectivity index (χ0n) is 15.9. The first-order valence-corrected chi connectivity index (χ1v) is 9.14. The van der Waals surface area contributed by atoms with Crippen LogP contribution < -0.4 is 5.69 Å². The summed E-state index contributed by atoms with van der Waals surface area (Å²) < 4.78 is 3.00. The summed E-state index contributed by atoms with van der Waals surface area (Å²) in [5.74, 6) is -1.51. The van der Waals surface area contributed by atoms with Crippen LogP contribution in [0.1, 0.15) is 12.5 Å². The van der Waals surface area contributed by atoms with Gasteiger partial charge in [-0.1, -0.05) is 42.5 Å². The molecule has 0 spiro atoms. The van der Waals surface area contributed by atoms with Crippen LogP contribution in [-0.2, 0) is 29.1 Å². The molecule has 7 nitrogen and oxygen atoms in total. The van der Waals surface area contributed by atoms with Crippen molar-refractivity contribution >= 4 is 22.9 Å². The van der Waals surface area contributed by atoms with Crippen LogP contribution in [-0.4, -0.2) is 44.1 Å². The van der Waals surface area contributed by atoms with E-state index in [-0.39, 0.29) is 18.7 Å². The maximum absolute atomic E-state index is 12.8. The average Bonchev–Trinajstić information content (AvgIpc) is 2.97. The van der Waals surface area contributed by atoms with Crippen molar-refractivity contribution in [2.24, 2.45) is 0 Å². The molecule has 0 aliphatic carbocycles. The Labute approximate surface area is 162 Å². The number of fused-ring (bicyclic) bond motifs is 1. The van der Waals surface area contributed by atoms with E-state index in [2.05, 4.69) is 0 Å². The number of aromatic nitrogens is 2. The molecule has 0 fully saturated rings. The molecule has 146 valence electrons. The fourth-order valence-corrected chi connectivity index (χ4v) is 3.38. The summed E-state index contributed by atoms with van der Waals surface area (Å²) in [7, 11) is 1.47. The lowest BCUT2D eigenvalue weighted by molar-refractivity contribution is -0.149. The van der Waals surface area contributed by atoms with E-state index in [0.717, 1.165) is 11.1 Å². The van der Waals surface area contributed by atoms with Gasteiger partial charge >= 0.3 is 11.7 Å². The Morgan fingerprint density at radius 1 is 1.00 bits per heavy atom. The van der Waals surface area contributed by atoms with E-state index in [1.165, 1.54) is 16.5 Å². The zero-order valence-corrected chi connectivity index (χ0v) is 15.9. The molecule has 3 aromatic rings. The summed E-state index contributed by atoms with van der Waals surface area (Å²) in [6, 6.07) is 15.4. The molecule has 1 atom stereocenters. The Hall–Kier alpha value is -3.35. The van der Waals surface area contributed by atoms with Crippen molar-refractivity contribution in [1.29, 1.82) is 0 Å². The molecule has 0 aliphatic rings. The predicted octanol–water partition coefficient (Wildman–Crippen LogP) is 1.98. The van der Waals surface area contributed by atoms with Crippen molar-refractivity contribution in [1.82, 2.24) is 14.0 Å². The number of hydrogen-bond donors (Lipinski definition) is 1. The molecule has 1 aromatic heterocycles. The number of para-hydroxylation sites is 2. The topological polar surface area (TPSA) is 84.5 Å². The number of nitrogens with zero attached hydrogens (tertiary/aromatic N) is 3. The van der Waals surface area contributed by atoms with E-state index in [1.54, 1.807) is 10.6 Å². The van der Waals surface area contributed by atoms with Crippen molar-refractivity contribution in [2.75, 3.05) is 7.05 Å². The number of carbonyl (C=O) groups is 2. The number of carbonyl (C=O) groups excluding carboxylic acids is 1. The number of rotatable bonds is 7. The highest BCUT2D eigenvalue weighted by atomic mass is 16.4. The number of carboxylic acid groups (broad SMARTS) is 1. The molecule has 0 saturated carbocycles. The minimum absolute atomic E-state index is 0.198. The van der Waals surface area contributed by atoms with E-state index < -0.39 is 17.9 Å². The smallest absolute Gasteiger partial charge is 0.329 e. The van der Waals surface area contributed by atoms with Gasteiger partial charge in [0.1, 0.15) is 12.6 Å². The van der Waals surface area contributed by atoms with Crippen molar-refractivity contribution in [2.45, 2.75) is 32.5 Å². The van der Waals surface area contributed by atoms with Gasteiger partial charge in [-0.25, -0.2) is 9.59 Å². The number of hydrogen-bond acceptors (Lipinski definition) is 3. The summed E-state index contributed by atoms with van der Waals surface area (Å²) in [6.07, 6.45) is 0.198. The Morgan fingerprint density at radius 2 is 1.57 bits per heavy atom. The fraction of sp³-hybridized carbons (Fsp3) is 0.286. The van der Waals surface area contributed by atoms with Crippen LogP contribution in [0, 0.1) is 0 Å². The molecule has 28 heavy (non-hydrogen) atoms. The number of aryl methyl sites for hydroxylation is 1. The molecule has 0 saturated heterocycles. The van der Waals surface area contributed by atoms with Gasteiger partial charge in [-0.15, -0.1) is 0 Å². The van der Waals surface area contributed by atoms with Crippen LogP contribution in [0.2, 0.25) is 0 Å². The van der Waals surface area contributed by atoms with Gasteiger partial charge < -0.3 is 10.0 Å². The second kappa shape index (κ2) is 8.12. The maximum atomic E-state index is 12.8. The first-order valence-electron chi connectivity index (χ1n) is 9.14. The second-order valence-electron chi connectivity index (χ2n) is 6.65. The van der Waals surface area contributed by atoms with Gasteiger partial charge in [-0.05, 0) is 24.6 Å². The summed E-state index contributed by atoms with van der Waals surface area (Å²) in [6.45, 7) is 2.15. The van der Waals surface area contributed by atoms with E-state index in [1.807, 2.05) is 55.5 Å². The van der Waals surface area contributed by atoms with Gasteiger partial charge in [0.2, 0.25) is 5.91 Å². The van der Waals surface area contributed by atoms with Crippen molar-refractivity contribution in [3.05, 3.63) is 70.6 Å². The summed E-state index contributed by atoms with van der Waals surface area (Å²) in [5, 5.41) is 9.62. The monoisotopic (exact) mass is 381 g/mol. The van der Waals surface area contributed by atoms with E-state index in [4.69, 9.17) is 0 Å². The third-order valence-electron chi connectivity index (χ3n) is 4.95. The van der Waals surface area contributed by atoms with E-state index in [0.29, 0.717) is 12.1 Å². The largest absolute Gasteiger partial charge is 0.480 e. The summed E-state index contributed by atoms with van der Waals surface area (Å²) in [4.78, 5) is 38.5. The molecule has 7 heteroatoms. The van der Waals surface area contributed by atoms with Gasteiger partial charge in [0, 0.05) is 20.0 Å². The number of carboxylic acids is 1. The normalized spacial score (nSPS) is 12.1. The predicted molar refractivity (Wildman–Crippen MR) is 106 cm³/mol. The Kier molecular flexibility index (Phi) is 5.63. The van der Waals surface area contributed by atoms with Gasteiger partial charge in [-0.3, -0.25) is 13.9 Å². The van der Waals surface area contributed by atoms with Crippen molar-refractivity contribution < 1.29 is 14.7 Å². The van der Waals surface area contributed by atoms with Gasteiger partial charge in [0.25, 0.3) is 0 Å². The lowest BCUT2D eigenvalue weighted by atomic mass is 10.0. The molecule has 0 aliphatic heterocycles. The highest BCUT2D eigenvalue weighted by molar-refractivity contribution is 5.85. The lowest BCUT2D eigenvalue weighted by Crippen LogP contribution is -2.46. The number of aliphatic carboxylic acids is 1. The molecule has 1 N–H and O–H groups in total. The van der Waals surface area contributed by atoms with Crippen LogP contribution in [0.4, 0.5) is 0 Å². The van der Waals surface area contributed by atoms with Crippen LogP contribution in [0.3, 0.4) is 0 Å². The third kappa shape index (κ3) is 3.69. The third-order valence-corrected chi connectivity index (χ3v) is 4.95. The van der Waals surface area contributed by atoms with E-state index >= 15 is 0 Å². The van der Waals surface area contributed by atoms with Crippen molar-refractivity contribution in [3.8, 4) is 0 Å². The van der Waals surface area contributed by atoms with Crippen molar-refractivity contribution in [3.63, 3.8) is 0 Å². The summed E-state index contributed by atoms with van der Waals surface area (Å²) >= 11 is 0. The van der Waals surface area contributed by atoms with Gasteiger partial charge in [0.05, 0.1) is 11.0 Å². The highest BCUT2D eigenvalue weighted by Crippen LogP contribution is 2.14. The first-order chi connectivity index (χ1) is 13.4. The number of likely N-dealkylation sites (N-methyl/N-ethyl adjacent to an activating group) is 1. The molecule has 1 heterocycles. The van der Waals surface area contributed by atoms with Crippen LogP contribution in [0.15, 0.2) is 59.4 Å². The second-order valence-corrected chi connectivity index (χ2v) is 6.65. The van der Waals surface area contributed by atoms with E-state index in [9.17, 15) is 19.5 Å². The highest BCUT2D eigenvalue weighted by Gasteiger charge is 2.27. The molecule has 0 bridgehead atoms. The molecule has 1 amide bonds. The lowest BCUT2D eigenvalue weighted by Gasteiger charge is -2.25. The minimum Gasteiger partial charge on any atom is -0.480 e. The molecule has 1 unspecified atom stereocenters. The SMILES string of the molecule is CCn1c(=O)n(CC(=O)N(C)C(Cc2ccccc2)C(=O)O)c2ccccc21. The number of amides is 1. The Bertz CT molecular complexity index is 1050.